The van der Waals surface area contributed by atoms with Crippen LogP contribution in [0.2, 0.25) is 0 Å². The van der Waals surface area contributed by atoms with E-state index < -0.39 is 0 Å². The summed E-state index contributed by atoms with van der Waals surface area (Å²) in [4.78, 5) is 14.4. The number of carbonyl (C=O) groups excluding carboxylic acids is 1. The lowest BCUT2D eigenvalue weighted by Gasteiger charge is -1.95. The van der Waals surface area contributed by atoms with Gasteiger partial charge in [-0.1, -0.05) is 6.92 Å². The Morgan fingerprint density at radius 2 is 2.11 bits per heavy atom. The number of Topliss-reactive ketones (excluding diaryl/α,β-unsaturated/α-hetero) is 1. The van der Waals surface area contributed by atoms with Crippen molar-refractivity contribution < 1.29 is 4.79 Å². The first-order valence-electron chi connectivity index (χ1n) is 3.14. The van der Waals surface area contributed by atoms with Gasteiger partial charge in [-0.25, -0.2) is 0 Å². The summed E-state index contributed by atoms with van der Waals surface area (Å²) in [6, 6.07) is 0. The Bertz CT molecular complexity index is 127. The third-order valence-corrected chi connectivity index (χ3v) is 1.18. The summed E-state index contributed by atoms with van der Waals surface area (Å²) in [7, 11) is 1.72. The van der Waals surface area contributed by atoms with Crippen molar-refractivity contribution in [1.82, 2.24) is 0 Å². The highest BCUT2D eigenvalue weighted by atomic mass is 16.1. The van der Waals surface area contributed by atoms with Crippen LogP contribution in [0.4, 0.5) is 0 Å². The second-order valence-corrected chi connectivity index (χ2v) is 2.02. The third-order valence-electron chi connectivity index (χ3n) is 1.18. The molecule has 0 spiro atoms. The smallest absolute Gasteiger partial charge is 0.135 e. The molecule has 0 bridgehead atoms. The molecule has 9 heavy (non-hydrogen) atoms. The molecule has 2 nitrogen and oxygen atoms in total. The fourth-order valence-corrected chi connectivity index (χ4v) is 0.650. The summed E-state index contributed by atoms with van der Waals surface area (Å²) in [5, 5.41) is 0. The van der Waals surface area contributed by atoms with Crippen LogP contribution in [-0.4, -0.2) is 18.5 Å². The van der Waals surface area contributed by atoms with Gasteiger partial charge in [-0.2, -0.15) is 0 Å². The van der Waals surface area contributed by atoms with E-state index in [1.165, 1.54) is 0 Å². The summed E-state index contributed by atoms with van der Waals surface area (Å²) in [6.07, 6.45) is 1.41. The van der Waals surface area contributed by atoms with Gasteiger partial charge >= 0.3 is 0 Å². The van der Waals surface area contributed by atoms with E-state index in [1.807, 2.05) is 6.92 Å². The molecule has 0 heterocycles. The fraction of sp³-hybridized carbons (Fsp3) is 0.714. The first kappa shape index (κ1) is 8.34. The van der Waals surface area contributed by atoms with Gasteiger partial charge in [0.1, 0.15) is 5.78 Å². The molecule has 0 unspecified atom stereocenters. The van der Waals surface area contributed by atoms with Crippen molar-refractivity contribution in [2.24, 2.45) is 4.99 Å². The predicted octanol–water partition coefficient (Wildman–Crippen LogP) is 1.45. The number of carbonyl (C=O) groups is 1. The number of ketones is 1. The van der Waals surface area contributed by atoms with Crippen LogP contribution in [0.25, 0.3) is 0 Å². The van der Waals surface area contributed by atoms with Gasteiger partial charge in [-0.15, -0.1) is 0 Å². The molecular formula is C7H13NO. The average molecular weight is 127 g/mol. The summed E-state index contributed by atoms with van der Waals surface area (Å²) in [5.41, 5.74) is 0.988. The van der Waals surface area contributed by atoms with Gasteiger partial charge in [0.15, 0.2) is 0 Å². The van der Waals surface area contributed by atoms with Gasteiger partial charge in [0, 0.05) is 19.2 Å². The second kappa shape index (κ2) is 4.24. The van der Waals surface area contributed by atoms with Crippen LogP contribution >= 0.6 is 0 Å². The van der Waals surface area contributed by atoms with E-state index >= 15 is 0 Å². The van der Waals surface area contributed by atoms with E-state index in [9.17, 15) is 4.79 Å². The summed E-state index contributed by atoms with van der Waals surface area (Å²) >= 11 is 0. The number of aliphatic imine (C=N–C) groups is 1. The standard InChI is InChI=1S/C7H13NO/c1-4-7(8-3)5-6(2)9/h4-5H2,1-3H3. The minimum absolute atomic E-state index is 0.192. The highest BCUT2D eigenvalue weighted by Gasteiger charge is 1.97. The van der Waals surface area contributed by atoms with Gasteiger partial charge in [0.2, 0.25) is 0 Å². The van der Waals surface area contributed by atoms with E-state index in [2.05, 4.69) is 4.99 Å². The van der Waals surface area contributed by atoms with Crippen molar-refractivity contribution >= 4 is 11.5 Å². The highest BCUT2D eigenvalue weighted by molar-refractivity contribution is 6.00. The van der Waals surface area contributed by atoms with Crippen molar-refractivity contribution in [3.8, 4) is 0 Å². The van der Waals surface area contributed by atoms with Crippen LogP contribution in [0, 0.1) is 0 Å². The van der Waals surface area contributed by atoms with Crippen LogP contribution in [0.1, 0.15) is 26.7 Å². The molecule has 0 saturated carbocycles. The maximum absolute atomic E-state index is 10.5. The predicted molar refractivity (Wildman–Crippen MR) is 38.9 cm³/mol. The summed E-state index contributed by atoms with van der Waals surface area (Å²) in [6.45, 7) is 3.59. The SMILES string of the molecule is CCC(CC(C)=O)=NC. The van der Waals surface area contributed by atoms with Crippen LogP contribution in [0.3, 0.4) is 0 Å². The monoisotopic (exact) mass is 127 g/mol. The lowest BCUT2D eigenvalue weighted by molar-refractivity contribution is -0.115. The lowest BCUT2D eigenvalue weighted by atomic mass is 10.2. The minimum atomic E-state index is 0.192. The van der Waals surface area contributed by atoms with Crippen molar-refractivity contribution in [2.45, 2.75) is 26.7 Å². The van der Waals surface area contributed by atoms with Crippen molar-refractivity contribution in [1.29, 1.82) is 0 Å². The Morgan fingerprint density at radius 1 is 1.56 bits per heavy atom. The largest absolute Gasteiger partial charge is 0.300 e. The van der Waals surface area contributed by atoms with E-state index in [1.54, 1.807) is 14.0 Å². The van der Waals surface area contributed by atoms with E-state index in [-0.39, 0.29) is 5.78 Å². The van der Waals surface area contributed by atoms with Crippen molar-refractivity contribution in [2.75, 3.05) is 7.05 Å². The zero-order chi connectivity index (χ0) is 7.28. The van der Waals surface area contributed by atoms with Crippen LogP contribution < -0.4 is 0 Å². The topological polar surface area (TPSA) is 29.4 Å². The Balaban J connectivity index is 3.71. The van der Waals surface area contributed by atoms with Crippen molar-refractivity contribution in [3.63, 3.8) is 0 Å². The first-order valence-corrected chi connectivity index (χ1v) is 3.14. The van der Waals surface area contributed by atoms with Gasteiger partial charge in [0.05, 0.1) is 0 Å². The molecule has 0 fully saturated rings. The third kappa shape index (κ3) is 3.88. The lowest BCUT2D eigenvalue weighted by Crippen LogP contribution is -2.02. The van der Waals surface area contributed by atoms with Crippen LogP contribution in [0.5, 0.6) is 0 Å². The van der Waals surface area contributed by atoms with Crippen LogP contribution in [0.15, 0.2) is 4.99 Å². The summed E-state index contributed by atoms with van der Waals surface area (Å²) in [5.74, 6) is 0.192. The first-order chi connectivity index (χ1) is 4.20. The van der Waals surface area contributed by atoms with E-state index in [0.29, 0.717) is 6.42 Å². The average Bonchev–Trinajstić information content (AvgIpc) is 1.82. The fourth-order valence-electron chi connectivity index (χ4n) is 0.650. The molecule has 0 amide bonds. The number of nitrogens with zero attached hydrogens (tertiary/aromatic N) is 1. The molecule has 0 aromatic rings. The zero-order valence-electron chi connectivity index (χ0n) is 6.27. The number of hydrogen-bond acceptors (Lipinski definition) is 2. The molecule has 2 heteroatoms. The van der Waals surface area contributed by atoms with Gasteiger partial charge in [0.25, 0.3) is 0 Å². The Hall–Kier alpha value is -0.660. The molecule has 0 radical (unpaired) electrons. The van der Waals surface area contributed by atoms with Gasteiger partial charge < -0.3 is 0 Å². The second-order valence-electron chi connectivity index (χ2n) is 2.02. The summed E-state index contributed by atoms with van der Waals surface area (Å²) < 4.78 is 0. The normalized spacial score (nSPS) is 11.7. The Labute approximate surface area is 56.0 Å². The van der Waals surface area contributed by atoms with E-state index in [4.69, 9.17) is 0 Å². The van der Waals surface area contributed by atoms with Gasteiger partial charge in [-0.05, 0) is 13.3 Å². The van der Waals surface area contributed by atoms with Gasteiger partial charge in [-0.3, -0.25) is 9.79 Å². The molecule has 0 aromatic heterocycles. The highest BCUT2D eigenvalue weighted by Crippen LogP contribution is 1.92. The minimum Gasteiger partial charge on any atom is -0.300 e. The molecule has 0 aromatic carbocycles. The molecule has 0 saturated heterocycles. The molecule has 0 N–H and O–H groups in total. The molecule has 0 rings (SSSR count). The van der Waals surface area contributed by atoms with Crippen molar-refractivity contribution in [3.05, 3.63) is 0 Å². The maximum atomic E-state index is 10.5. The Morgan fingerprint density at radius 3 is 2.22 bits per heavy atom. The molecule has 0 aliphatic carbocycles. The quantitative estimate of drug-likeness (QED) is 0.527. The molecule has 0 aliphatic rings. The number of rotatable bonds is 3. The maximum Gasteiger partial charge on any atom is 0.135 e. The molecular weight excluding hydrogens is 114 g/mol. The molecule has 52 valence electrons. The molecule has 0 aliphatic heterocycles. The van der Waals surface area contributed by atoms with Crippen LogP contribution in [-0.2, 0) is 4.79 Å². The van der Waals surface area contributed by atoms with E-state index in [0.717, 1.165) is 12.1 Å². The zero-order valence-corrected chi connectivity index (χ0v) is 6.27. The molecule has 0 atom stereocenters. The Kier molecular flexibility index (Phi) is 3.93. The number of hydrogen-bond donors (Lipinski definition) is 0.